The first-order valence-corrected chi connectivity index (χ1v) is 6.75. The normalized spacial score (nSPS) is 10.3. The maximum Gasteiger partial charge on any atom is 0.251 e. The molecular formula is C17H19NO2. The van der Waals surface area contributed by atoms with E-state index < -0.39 is 0 Å². The van der Waals surface area contributed by atoms with Crippen molar-refractivity contribution in [1.29, 1.82) is 0 Å². The van der Waals surface area contributed by atoms with Gasteiger partial charge in [-0.05, 0) is 48.2 Å². The van der Waals surface area contributed by atoms with Crippen LogP contribution in [0.2, 0.25) is 0 Å². The van der Waals surface area contributed by atoms with Crippen LogP contribution in [0, 0.1) is 6.92 Å². The first-order chi connectivity index (χ1) is 9.60. The van der Waals surface area contributed by atoms with E-state index in [2.05, 4.69) is 24.4 Å². The molecule has 3 heteroatoms. The van der Waals surface area contributed by atoms with E-state index in [1.54, 1.807) is 12.1 Å². The molecule has 0 bridgehead atoms. The Bertz CT molecular complexity index is 603. The number of rotatable bonds is 4. The van der Waals surface area contributed by atoms with Gasteiger partial charge in [0, 0.05) is 12.1 Å². The lowest BCUT2D eigenvalue weighted by Gasteiger charge is -2.08. The number of aryl methyl sites for hydroxylation is 2. The molecule has 0 saturated carbocycles. The molecule has 0 spiro atoms. The van der Waals surface area contributed by atoms with E-state index in [0.29, 0.717) is 12.1 Å². The van der Waals surface area contributed by atoms with Gasteiger partial charge in [-0.15, -0.1) is 0 Å². The highest BCUT2D eigenvalue weighted by molar-refractivity contribution is 5.95. The molecule has 0 aliphatic carbocycles. The molecule has 104 valence electrons. The van der Waals surface area contributed by atoms with Gasteiger partial charge in [-0.1, -0.05) is 31.2 Å². The Labute approximate surface area is 119 Å². The molecule has 0 saturated heterocycles. The number of hydrogen-bond acceptors (Lipinski definition) is 2. The summed E-state index contributed by atoms with van der Waals surface area (Å²) in [6.07, 6.45) is 1.01. The van der Waals surface area contributed by atoms with Gasteiger partial charge in [0.1, 0.15) is 5.75 Å². The molecule has 2 N–H and O–H groups in total. The lowest BCUT2D eigenvalue weighted by atomic mass is 10.1. The van der Waals surface area contributed by atoms with E-state index in [0.717, 1.165) is 17.5 Å². The van der Waals surface area contributed by atoms with E-state index in [-0.39, 0.29) is 11.7 Å². The summed E-state index contributed by atoms with van der Waals surface area (Å²) in [6, 6.07) is 13.0. The fraction of sp³-hybridized carbons (Fsp3) is 0.235. The third-order valence-electron chi connectivity index (χ3n) is 3.34. The number of hydrogen-bond donors (Lipinski definition) is 2. The van der Waals surface area contributed by atoms with Crippen molar-refractivity contribution in [3.8, 4) is 5.75 Å². The monoisotopic (exact) mass is 269 g/mol. The topological polar surface area (TPSA) is 49.3 Å². The van der Waals surface area contributed by atoms with Gasteiger partial charge < -0.3 is 10.4 Å². The summed E-state index contributed by atoms with van der Waals surface area (Å²) in [5.74, 6) is 0.0521. The summed E-state index contributed by atoms with van der Waals surface area (Å²) in [4.78, 5) is 12.1. The Hall–Kier alpha value is -2.29. The Morgan fingerprint density at radius 2 is 1.75 bits per heavy atom. The number of carbonyl (C=O) groups excluding carboxylic acids is 1. The van der Waals surface area contributed by atoms with Crippen LogP contribution >= 0.6 is 0 Å². The highest BCUT2D eigenvalue weighted by Crippen LogP contribution is 2.15. The Morgan fingerprint density at radius 3 is 2.35 bits per heavy atom. The van der Waals surface area contributed by atoms with E-state index >= 15 is 0 Å². The number of amides is 1. The molecule has 0 atom stereocenters. The minimum absolute atomic E-state index is 0.123. The maximum atomic E-state index is 12.1. The molecule has 0 fully saturated rings. The van der Waals surface area contributed by atoms with Crippen molar-refractivity contribution < 1.29 is 9.90 Å². The van der Waals surface area contributed by atoms with E-state index in [1.807, 2.05) is 19.1 Å². The molecule has 0 unspecified atom stereocenters. The van der Waals surface area contributed by atoms with Gasteiger partial charge in [0.25, 0.3) is 5.91 Å². The van der Waals surface area contributed by atoms with Crippen molar-refractivity contribution in [3.05, 3.63) is 64.7 Å². The predicted octanol–water partition coefficient (Wildman–Crippen LogP) is 3.19. The highest BCUT2D eigenvalue weighted by atomic mass is 16.3. The molecule has 3 nitrogen and oxygen atoms in total. The molecule has 2 aromatic carbocycles. The molecule has 2 aromatic rings. The van der Waals surface area contributed by atoms with Crippen LogP contribution in [-0.4, -0.2) is 11.0 Å². The van der Waals surface area contributed by atoms with Gasteiger partial charge in [0.05, 0.1) is 0 Å². The molecular weight excluding hydrogens is 250 g/mol. The van der Waals surface area contributed by atoms with E-state index in [1.165, 1.54) is 11.6 Å². The summed E-state index contributed by atoms with van der Waals surface area (Å²) >= 11 is 0. The number of phenols is 1. The molecule has 20 heavy (non-hydrogen) atoms. The second-order valence-corrected chi connectivity index (χ2v) is 4.85. The molecule has 0 heterocycles. The number of aromatic hydroxyl groups is 1. The fourth-order valence-corrected chi connectivity index (χ4v) is 2.07. The highest BCUT2D eigenvalue weighted by Gasteiger charge is 2.08. The molecule has 1 amide bonds. The molecule has 0 aromatic heterocycles. The zero-order valence-corrected chi connectivity index (χ0v) is 11.8. The quantitative estimate of drug-likeness (QED) is 0.895. The first kappa shape index (κ1) is 14.1. The smallest absolute Gasteiger partial charge is 0.251 e. The van der Waals surface area contributed by atoms with Gasteiger partial charge in [-0.3, -0.25) is 4.79 Å². The van der Waals surface area contributed by atoms with Crippen molar-refractivity contribution in [2.24, 2.45) is 0 Å². The number of phenolic OH excluding ortho intramolecular Hbond substituents is 1. The van der Waals surface area contributed by atoms with Gasteiger partial charge in [0.2, 0.25) is 0 Å². The second-order valence-electron chi connectivity index (χ2n) is 4.85. The van der Waals surface area contributed by atoms with Crippen molar-refractivity contribution in [3.63, 3.8) is 0 Å². The third-order valence-corrected chi connectivity index (χ3v) is 3.34. The molecule has 0 radical (unpaired) electrons. The van der Waals surface area contributed by atoms with Crippen molar-refractivity contribution >= 4 is 5.91 Å². The molecule has 2 rings (SSSR count). The zero-order chi connectivity index (χ0) is 14.5. The van der Waals surface area contributed by atoms with Gasteiger partial charge in [-0.2, -0.15) is 0 Å². The minimum atomic E-state index is -0.123. The van der Waals surface area contributed by atoms with Crippen molar-refractivity contribution in [2.75, 3.05) is 0 Å². The van der Waals surface area contributed by atoms with E-state index in [4.69, 9.17) is 0 Å². The van der Waals surface area contributed by atoms with Gasteiger partial charge in [0.15, 0.2) is 0 Å². The fourth-order valence-electron chi connectivity index (χ4n) is 2.07. The number of carbonyl (C=O) groups is 1. The van der Waals surface area contributed by atoms with Gasteiger partial charge >= 0.3 is 0 Å². The van der Waals surface area contributed by atoms with Crippen LogP contribution < -0.4 is 5.32 Å². The average Bonchev–Trinajstić information content (AvgIpc) is 2.45. The third kappa shape index (κ3) is 3.38. The predicted molar refractivity (Wildman–Crippen MR) is 79.8 cm³/mol. The van der Waals surface area contributed by atoms with Crippen LogP contribution in [0.5, 0.6) is 5.75 Å². The summed E-state index contributed by atoms with van der Waals surface area (Å²) in [7, 11) is 0. The Morgan fingerprint density at radius 1 is 1.10 bits per heavy atom. The summed E-state index contributed by atoms with van der Waals surface area (Å²) in [5, 5.41) is 12.2. The maximum absolute atomic E-state index is 12.1. The Kier molecular flexibility index (Phi) is 4.41. The minimum Gasteiger partial charge on any atom is -0.508 e. The van der Waals surface area contributed by atoms with Crippen LogP contribution in [0.4, 0.5) is 0 Å². The van der Waals surface area contributed by atoms with Crippen molar-refractivity contribution in [1.82, 2.24) is 5.32 Å². The number of nitrogens with one attached hydrogen (secondary N) is 1. The SMILES string of the molecule is CCc1ccc(CNC(=O)c2ccc(O)cc2C)cc1. The van der Waals surface area contributed by atoms with Crippen LogP contribution in [0.25, 0.3) is 0 Å². The first-order valence-electron chi connectivity index (χ1n) is 6.75. The summed E-state index contributed by atoms with van der Waals surface area (Å²) in [6.45, 7) is 4.43. The molecule has 0 aliphatic rings. The number of benzene rings is 2. The van der Waals surface area contributed by atoms with Crippen LogP contribution in [0.1, 0.15) is 34.0 Å². The summed E-state index contributed by atoms with van der Waals surface area (Å²) in [5.41, 5.74) is 3.72. The van der Waals surface area contributed by atoms with Gasteiger partial charge in [-0.25, -0.2) is 0 Å². The average molecular weight is 269 g/mol. The van der Waals surface area contributed by atoms with Crippen LogP contribution in [0.3, 0.4) is 0 Å². The van der Waals surface area contributed by atoms with E-state index in [9.17, 15) is 9.90 Å². The van der Waals surface area contributed by atoms with Crippen LogP contribution in [0.15, 0.2) is 42.5 Å². The van der Waals surface area contributed by atoms with Crippen LogP contribution in [-0.2, 0) is 13.0 Å². The Balaban J connectivity index is 2.00. The largest absolute Gasteiger partial charge is 0.508 e. The standard InChI is InChI=1S/C17H19NO2/c1-3-13-4-6-14(7-5-13)11-18-17(20)16-9-8-15(19)10-12(16)2/h4-10,19H,3,11H2,1-2H3,(H,18,20). The van der Waals surface area contributed by atoms with Crippen molar-refractivity contribution in [2.45, 2.75) is 26.8 Å². The lowest BCUT2D eigenvalue weighted by molar-refractivity contribution is 0.0950. The zero-order valence-electron chi connectivity index (χ0n) is 11.8. The lowest BCUT2D eigenvalue weighted by Crippen LogP contribution is -2.23. The summed E-state index contributed by atoms with van der Waals surface area (Å²) < 4.78 is 0. The second kappa shape index (κ2) is 6.24. The molecule has 0 aliphatic heterocycles.